The van der Waals surface area contributed by atoms with Crippen LogP contribution in [0.2, 0.25) is 0 Å². The molecule has 0 aromatic heterocycles. The van der Waals surface area contributed by atoms with Crippen molar-refractivity contribution in [3.8, 4) is 0 Å². The number of hydrogen-bond donors (Lipinski definition) is 1. The van der Waals surface area contributed by atoms with Gasteiger partial charge >= 0.3 is 0 Å². The highest BCUT2D eigenvalue weighted by atomic mass is 16.5. The highest BCUT2D eigenvalue weighted by Crippen LogP contribution is 2.27. The second-order valence-corrected chi connectivity index (χ2v) is 7.17. The molecular weight excluding hydrogens is 344 g/mol. The molecule has 2 heterocycles. The normalized spacial score (nSPS) is 17.7. The Morgan fingerprint density at radius 2 is 1.74 bits per heavy atom. The zero-order chi connectivity index (χ0) is 19.1. The number of para-hydroxylation sites is 1. The first-order valence-corrected chi connectivity index (χ1v) is 9.76. The van der Waals surface area contributed by atoms with Crippen molar-refractivity contribution in [2.24, 2.45) is 0 Å². The number of rotatable bonds is 8. The molecule has 1 fully saturated rings. The number of piperazine rings is 1. The molecule has 0 unspecified atom stereocenters. The second-order valence-electron chi connectivity index (χ2n) is 7.17. The number of nitrogens with one attached hydrogen (secondary N) is 1. The Labute approximate surface area is 161 Å². The molecule has 1 aromatic rings. The van der Waals surface area contributed by atoms with E-state index in [0.717, 1.165) is 51.3 Å². The first-order chi connectivity index (χ1) is 13.2. The number of benzene rings is 1. The average Bonchev–Trinajstić information content (AvgIpc) is 3.11. The second kappa shape index (κ2) is 9.82. The van der Waals surface area contributed by atoms with Gasteiger partial charge in [0.15, 0.2) is 0 Å². The van der Waals surface area contributed by atoms with Crippen molar-refractivity contribution in [2.45, 2.75) is 12.8 Å². The van der Waals surface area contributed by atoms with E-state index in [1.54, 1.807) is 7.11 Å². The Bertz CT molecular complexity index is 644. The van der Waals surface area contributed by atoms with E-state index >= 15 is 0 Å². The highest BCUT2D eigenvalue weighted by Gasteiger charge is 2.27. The Morgan fingerprint density at radius 3 is 2.48 bits per heavy atom. The van der Waals surface area contributed by atoms with Crippen LogP contribution in [0.4, 0.5) is 5.69 Å². The molecule has 2 aliphatic rings. The minimum Gasteiger partial charge on any atom is -0.385 e. The monoisotopic (exact) mass is 374 g/mol. The number of carbonyl (C=O) groups excluding carboxylic acids is 2. The van der Waals surface area contributed by atoms with Crippen molar-refractivity contribution in [3.63, 3.8) is 0 Å². The third kappa shape index (κ3) is 5.51. The van der Waals surface area contributed by atoms with Gasteiger partial charge in [-0.25, -0.2) is 0 Å². The van der Waals surface area contributed by atoms with Gasteiger partial charge in [0, 0.05) is 58.7 Å². The maximum Gasteiger partial charge on any atom is 0.241 e. The number of methoxy groups -OCH3 is 1. The summed E-state index contributed by atoms with van der Waals surface area (Å²) in [5.74, 6) is 0.230. The van der Waals surface area contributed by atoms with Crippen LogP contribution in [0.3, 0.4) is 0 Å². The van der Waals surface area contributed by atoms with Crippen LogP contribution in [0.1, 0.15) is 12.0 Å². The lowest BCUT2D eigenvalue weighted by atomic mass is 10.2. The van der Waals surface area contributed by atoms with Gasteiger partial charge in [-0.3, -0.25) is 19.4 Å². The third-order valence-corrected chi connectivity index (χ3v) is 5.23. The molecule has 1 aromatic carbocycles. The predicted molar refractivity (Wildman–Crippen MR) is 105 cm³/mol. The van der Waals surface area contributed by atoms with E-state index in [1.807, 2.05) is 23.1 Å². The van der Waals surface area contributed by atoms with E-state index in [2.05, 4.69) is 21.2 Å². The number of anilines is 1. The molecule has 2 aliphatic heterocycles. The molecule has 0 radical (unpaired) electrons. The van der Waals surface area contributed by atoms with Crippen molar-refractivity contribution in [1.29, 1.82) is 0 Å². The number of fused-ring (bicyclic) bond motifs is 1. The number of hydrogen-bond acceptors (Lipinski definition) is 5. The Hall–Kier alpha value is -1.96. The first-order valence-electron chi connectivity index (χ1n) is 9.76. The Kier molecular flexibility index (Phi) is 7.20. The van der Waals surface area contributed by atoms with Crippen LogP contribution in [-0.4, -0.2) is 87.7 Å². The molecule has 0 spiro atoms. The van der Waals surface area contributed by atoms with Gasteiger partial charge in [0.2, 0.25) is 11.8 Å². The van der Waals surface area contributed by atoms with E-state index in [0.29, 0.717) is 26.2 Å². The van der Waals surface area contributed by atoms with E-state index in [4.69, 9.17) is 4.74 Å². The lowest BCUT2D eigenvalue weighted by Crippen LogP contribution is -2.52. The molecule has 2 amide bonds. The summed E-state index contributed by atoms with van der Waals surface area (Å²) >= 11 is 0. The van der Waals surface area contributed by atoms with Crippen molar-refractivity contribution >= 4 is 17.5 Å². The Balaban J connectivity index is 1.37. The lowest BCUT2D eigenvalue weighted by molar-refractivity contribution is -0.124. The van der Waals surface area contributed by atoms with Crippen molar-refractivity contribution in [3.05, 3.63) is 29.8 Å². The minimum absolute atomic E-state index is 0.0595. The summed E-state index contributed by atoms with van der Waals surface area (Å²) in [5, 5.41) is 2.92. The van der Waals surface area contributed by atoms with E-state index in [1.165, 1.54) is 5.56 Å². The number of nitrogens with zero attached hydrogens (tertiary/aromatic N) is 3. The molecule has 3 rings (SSSR count). The summed E-state index contributed by atoms with van der Waals surface area (Å²) in [5.41, 5.74) is 2.32. The fourth-order valence-corrected chi connectivity index (χ4v) is 3.68. The summed E-state index contributed by atoms with van der Waals surface area (Å²) in [7, 11) is 1.66. The van der Waals surface area contributed by atoms with Gasteiger partial charge in [0.05, 0.1) is 13.1 Å². The average molecular weight is 374 g/mol. The Morgan fingerprint density at radius 1 is 1.04 bits per heavy atom. The van der Waals surface area contributed by atoms with Crippen molar-refractivity contribution in [1.82, 2.24) is 15.1 Å². The number of carbonyl (C=O) groups is 2. The van der Waals surface area contributed by atoms with Crippen LogP contribution in [-0.2, 0) is 20.7 Å². The van der Waals surface area contributed by atoms with Crippen LogP contribution in [0.15, 0.2) is 24.3 Å². The van der Waals surface area contributed by atoms with E-state index < -0.39 is 0 Å². The fraction of sp³-hybridized carbons (Fsp3) is 0.600. The summed E-state index contributed by atoms with van der Waals surface area (Å²) in [6.45, 7) is 6.23. The third-order valence-electron chi connectivity index (χ3n) is 5.23. The molecule has 7 nitrogen and oxygen atoms in total. The van der Waals surface area contributed by atoms with Gasteiger partial charge in [-0.05, 0) is 24.5 Å². The van der Waals surface area contributed by atoms with Gasteiger partial charge in [-0.2, -0.15) is 0 Å². The lowest BCUT2D eigenvalue weighted by Gasteiger charge is -2.34. The van der Waals surface area contributed by atoms with Crippen molar-refractivity contribution in [2.75, 3.05) is 71.0 Å². The molecule has 1 N–H and O–H groups in total. The first kappa shape index (κ1) is 19.8. The standard InChI is InChI=1S/C20H30N4O3/c1-27-14-4-8-21-19(25)15-22-10-12-23(13-11-22)16-20(26)24-9-7-17-5-2-3-6-18(17)24/h2-3,5-6H,4,7-16H2,1H3,(H,21,25). The van der Waals surface area contributed by atoms with Crippen LogP contribution in [0.5, 0.6) is 0 Å². The predicted octanol–water partition coefficient (Wildman–Crippen LogP) is 0.346. The molecule has 7 heteroatoms. The van der Waals surface area contributed by atoms with Crippen LogP contribution in [0.25, 0.3) is 0 Å². The molecule has 0 atom stereocenters. The highest BCUT2D eigenvalue weighted by molar-refractivity contribution is 5.96. The maximum atomic E-state index is 12.7. The van der Waals surface area contributed by atoms with Gasteiger partial charge < -0.3 is 15.0 Å². The summed E-state index contributed by atoms with van der Waals surface area (Å²) < 4.78 is 4.98. The SMILES string of the molecule is COCCCNC(=O)CN1CCN(CC(=O)N2CCc3ccccc32)CC1. The zero-order valence-corrected chi connectivity index (χ0v) is 16.2. The molecular formula is C20H30N4O3. The van der Waals surface area contributed by atoms with Crippen LogP contribution >= 0.6 is 0 Å². The van der Waals surface area contributed by atoms with Gasteiger partial charge in [0.1, 0.15) is 0 Å². The van der Waals surface area contributed by atoms with Gasteiger partial charge in [-0.1, -0.05) is 18.2 Å². The van der Waals surface area contributed by atoms with Gasteiger partial charge in [-0.15, -0.1) is 0 Å². The number of ether oxygens (including phenoxy) is 1. The molecule has 0 aliphatic carbocycles. The summed E-state index contributed by atoms with van der Waals surface area (Å²) in [6, 6.07) is 8.15. The van der Waals surface area contributed by atoms with Gasteiger partial charge in [0.25, 0.3) is 0 Å². The van der Waals surface area contributed by atoms with E-state index in [9.17, 15) is 9.59 Å². The number of amides is 2. The maximum absolute atomic E-state index is 12.7. The molecule has 0 saturated carbocycles. The largest absolute Gasteiger partial charge is 0.385 e. The minimum atomic E-state index is 0.0595. The molecule has 148 valence electrons. The van der Waals surface area contributed by atoms with Crippen LogP contribution < -0.4 is 10.2 Å². The fourth-order valence-electron chi connectivity index (χ4n) is 3.68. The van der Waals surface area contributed by atoms with E-state index in [-0.39, 0.29) is 11.8 Å². The topological polar surface area (TPSA) is 65.1 Å². The molecule has 0 bridgehead atoms. The van der Waals surface area contributed by atoms with Crippen LogP contribution in [0, 0.1) is 0 Å². The summed E-state index contributed by atoms with van der Waals surface area (Å²) in [4.78, 5) is 30.9. The molecule has 27 heavy (non-hydrogen) atoms. The smallest absolute Gasteiger partial charge is 0.241 e. The summed E-state index contributed by atoms with van der Waals surface area (Å²) in [6.07, 6.45) is 1.77. The zero-order valence-electron chi connectivity index (χ0n) is 16.2. The molecule has 1 saturated heterocycles. The van der Waals surface area contributed by atoms with Crippen molar-refractivity contribution < 1.29 is 14.3 Å². The quantitative estimate of drug-likeness (QED) is 0.665.